The van der Waals surface area contributed by atoms with Gasteiger partial charge in [-0.25, -0.2) is 0 Å². The monoisotopic (exact) mass is 1410 g/mol. The van der Waals surface area contributed by atoms with Crippen molar-refractivity contribution < 1.29 is 4.42 Å². The van der Waals surface area contributed by atoms with E-state index in [9.17, 15) is 0 Å². The van der Waals surface area contributed by atoms with Crippen LogP contribution in [0.4, 0.5) is 34.1 Å². The van der Waals surface area contributed by atoms with Crippen molar-refractivity contribution in [2.45, 2.75) is 89.9 Å². The molecular weight excluding hydrogens is 1330 g/mol. The molecule has 0 radical (unpaired) electrons. The number of fused-ring (bicyclic) bond motifs is 21. The highest BCUT2D eigenvalue weighted by atomic mass is 16.3. The molecule has 2 aliphatic heterocycles. The molecule has 522 valence electrons. The molecule has 0 N–H and O–H groups in total. The maximum absolute atomic E-state index is 6.61. The Morgan fingerprint density at radius 2 is 0.682 bits per heavy atom. The minimum absolute atomic E-state index is 0.0770. The first-order chi connectivity index (χ1) is 53.7. The van der Waals surface area contributed by atoms with Crippen molar-refractivity contribution in [3.05, 3.63) is 320 Å². The van der Waals surface area contributed by atoms with Crippen LogP contribution in [0.5, 0.6) is 0 Å². The quantitative estimate of drug-likeness (QED) is 0.149. The van der Waals surface area contributed by atoms with Crippen LogP contribution in [0.3, 0.4) is 0 Å². The van der Waals surface area contributed by atoms with Gasteiger partial charge in [0.05, 0.1) is 33.1 Å². The van der Waals surface area contributed by atoms with Gasteiger partial charge in [-0.15, -0.1) is 0 Å². The molecule has 0 atom stereocenters. The van der Waals surface area contributed by atoms with E-state index in [2.05, 4.69) is 357 Å². The van der Waals surface area contributed by atoms with Crippen LogP contribution in [0.15, 0.2) is 302 Å². The fourth-order valence-electron chi connectivity index (χ4n) is 21.1. The fourth-order valence-corrected chi connectivity index (χ4v) is 21.1. The Morgan fingerprint density at radius 1 is 0.282 bits per heavy atom. The van der Waals surface area contributed by atoms with Crippen LogP contribution in [0.25, 0.3) is 154 Å². The summed E-state index contributed by atoms with van der Waals surface area (Å²) in [4.78, 5) is 5.25. The molecule has 0 amide bonds. The summed E-state index contributed by atoms with van der Waals surface area (Å²) in [5, 5.41) is 12.4. The molecule has 0 unspecified atom stereocenters. The van der Waals surface area contributed by atoms with Gasteiger partial charge in [-0.3, -0.25) is 0 Å². The van der Waals surface area contributed by atoms with E-state index in [1.165, 1.54) is 179 Å². The second-order valence-corrected chi connectivity index (χ2v) is 34.2. The highest BCUT2D eigenvalue weighted by Crippen LogP contribution is 2.52. The molecule has 0 saturated heterocycles. The number of furan rings is 1. The van der Waals surface area contributed by atoms with E-state index in [4.69, 9.17) is 4.42 Å². The molecule has 0 fully saturated rings. The lowest BCUT2D eigenvalue weighted by molar-refractivity contribution is 0.332. The van der Waals surface area contributed by atoms with E-state index >= 15 is 0 Å². The first-order valence-electron chi connectivity index (χ1n) is 39.6. The van der Waals surface area contributed by atoms with Crippen molar-refractivity contribution in [1.82, 2.24) is 8.80 Å². The van der Waals surface area contributed by atoms with Gasteiger partial charge in [0.2, 0.25) is 0 Å². The second kappa shape index (κ2) is 22.3. The zero-order chi connectivity index (χ0) is 72.9. The van der Waals surface area contributed by atoms with Crippen LogP contribution in [-0.2, 0) is 22.7 Å². The summed E-state index contributed by atoms with van der Waals surface area (Å²) >= 11 is 0. The van der Waals surface area contributed by atoms with Gasteiger partial charge in [-0.1, -0.05) is 236 Å². The van der Waals surface area contributed by atoms with E-state index in [0.717, 1.165) is 80.0 Å². The Hall–Kier alpha value is -12.6. The number of aromatic nitrogens is 2. The molecule has 4 aliphatic rings. The van der Waals surface area contributed by atoms with Crippen molar-refractivity contribution in [2.24, 2.45) is 0 Å². The minimum atomic E-state index is -0.162. The molecule has 0 bridgehead atoms. The smallest absolute Gasteiger partial charge is 0.252 e. The average molecular weight is 1410 g/mol. The standard InChI is InChI=1S/C104H77BN4O/c1-102(2)49-15-16-70-52-63(31-42-84(70)102)61-27-38-72(39-28-61)106-93-57-68(64-35-46-91-81(53-64)79-22-13-20-77-74-17-7-10-24-89(74)108(91)100(77)79)33-44-87(93)105-88-45-34-69(65-36-47-92-82(54-65)80-23-14-21-78-75-18-8-11-25-90(75)109(92)101(78)80)58-94(88)107(73-40-29-62(30-41-73)67-32-43-85-86(56-67)104(5,6)51-50-103(85,3)4)96-60-71(59-95(106)99(96)105)66-37-48-98-83(55-66)76-19-9-12-26-97(76)110-98/h7-14,17-48,52-60H,15-16,49-51H2,1-6H3. The van der Waals surface area contributed by atoms with Crippen LogP contribution in [-0.4, -0.2) is 15.5 Å². The van der Waals surface area contributed by atoms with Gasteiger partial charge in [-0.05, 0) is 246 Å². The number of hydrogen-bond acceptors (Lipinski definition) is 3. The predicted octanol–water partition coefficient (Wildman–Crippen LogP) is 26.3. The maximum Gasteiger partial charge on any atom is 0.252 e. The summed E-state index contributed by atoms with van der Waals surface area (Å²) in [5.41, 5.74) is 38.1. The molecule has 0 spiro atoms. The van der Waals surface area contributed by atoms with Gasteiger partial charge in [0.25, 0.3) is 6.71 Å². The summed E-state index contributed by atoms with van der Waals surface area (Å²) in [7, 11) is 0. The number of rotatable bonds is 7. The molecule has 2 aliphatic carbocycles. The SMILES string of the molecule is CC1(C)CCCc2cc(-c3ccc(N4c5cc(-c6ccc7c(c6)c6cccc8c9ccccc9n7c86)ccc5B5c6ccc(-c7ccc8c(c7)c7cccc9c%10ccccc%10n8c97)cc6N(c6ccc(-c7ccc8c(c7)C(C)(C)CCC8(C)C)cc6)c6cc(-c7ccc8oc9ccccc9c8c7)cc4c65)cc3)ccc21. The Kier molecular flexibility index (Phi) is 12.6. The van der Waals surface area contributed by atoms with E-state index in [0.29, 0.717) is 0 Å². The minimum Gasteiger partial charge on any atom is -0.456 e. The van der Waals surface area contributed by atoms with Crippen LogP contribution in [0.1, 0.15) is 89.5 Å². The maximum atomic E-state index is 6.61. The second-order valence-electron chi connectivity index (χ2n) is 34.2. The number of hydrogen-bond donors (Lipinski definition) is 0. The normalized spacial score (nSPS) is 15.5. The van der Waals surface area contributed by atoms with Gasteiger partial charge in [0.1, 0.15) is 11.2 Å². The molecule has 24 rings (SSSR count). The fraction of sp³-hybridized carbons (Fsp3) is 0.135. The number of para-hydroxylation sites is 5. The van der Waals surface area contributed by atoms with Crippen molar-refractivity contribution in [2.75, 3.05) is 9.80 Å². The summed E-state index contributed by atoms with van der Waals surface area (Å²) in [6.45, 7) is 14.4. The van der Waals surface area contributed by atoms with E-state index < -0.39 is 0 Å². The zero-order valence-electron chi connectivity index (χ0n) is 62.6. The molecule has 0 saturated carbocycles. The Morgan fingerprint density at radius 3 is 1.26 bits per heavy atom. The number of aryl methyl sites for hydroxylation is 1. The first-order valence-corrected chi connectivity index (χ1v) is 39.6. The predicted molar refractivity (Wildman–Crippen MR) is 465 cm³/mol. The van der Waals surface area contributed by atoms with Crippen molar-refractivity contribution >= 4 is 155 Å². The molecule has 5 nitrogen and oxygen atoms in total. The van der Waals surface area contributed by atoms with Gasteiger partial charge in [0, 0.05) is 88.0 Å². The Labute approximate surface area is 639 Å². The largest absolute Gasteiger partial charge is 0.456 e. The molecule has 20 aromatic rings. The average Bonchev–Trinajstić information content (AvgIpc) is 1.14. The van der Waals surface area contributed by atoms with E-state index in [-0.39, 0.29) is 23.0 Å². The van der Waals surface area contributed by atoms with Crippen molar-refractivity contribution in [3.8, 4) is 55.6 Å². The topological polar surface area (TPSA) is 28.4 Å². The van der Waals surface area contributed by atoms with Crippen molar-refractivity contribution in [1.29, 1.82) is 0 Å². The molecular formula is C104H77BN4O. The Balaban J connectivity index is 0.753. The van der Waals surface area contributed by atoms with Crippen molar-refractivity contribution in [3.63, 3.8) is 0 Å². The zero-order valence-corrected chi connectivity index (χ0v) is 62.6. The first kappa shape index (κ1) is 62.4. The van der Waals surface area contributed by atoms with E-state index in [1.54, 1.807) is 0 Å². The van der Waals surface area contributed by atoms with Crippen LogP contribution < -0.4 is 26.2 Å². The molecule has 7 heterocycles. The molecule has 110 heavy (non-hydrogen) atoms. The third kappa shape index (κ3) is 8.76. The third-order valence-corrected chi connectivity index (χ3v) is 26.7. The molecule has 6 heteroatoms. The summed E-state index contributed by atoms with van der Waals surface area (Å²) in [5.74, 6) is 0. The summed E-state index contributed by atoms with van der Waals surface area (Å²) in [6, 6.07) is 115. The molecule has 5 aromatic heterocycles. The highest BCUT2D eigenvalue weighted by molar-refractivity contribution is 7.00. The highest BCUT2D eigenvalue weighted by Gasteiger charge is 2.45. The van der Waals surface area contributed by atoms with Crippen LogP contribution in [0, 0.1) is 0 Å². The lowest BCUT2D eigenvalue weighted by Crippen LogP contribution is -2.61. The lowest BCUT2D eigenvalue weighted by Gasteiger charge is -2.44. The van der Waals surface area contributed by atoms with E-state index in [1.807, 2.05) is 0 Å². The lowest BCUT2D eigenvalue weighted by atomic mass is 9.33. The van der Waals surface area contributed by atoms with Crippen LogP contribution >= 0.6 is 0 Å². The number of benzene rings is 15. The van der Waals surface area contributed by atoms with Gasteiger partial charge in [0.15, 0.2) is 0 Å². The summed E-state index contributed by atoms with van der Waals surface area (Å²) < 4.78 is 11.6. The number of nitrogens with zero attached hydrogens (tertiary/aromatic N) is 4. The third-order valence-electron chi connectivity index (χ3n) is 26.7. The molecule has 15 aromatic carbocycles. The summed E-state index contributed by atoms with van der Waals surface area (Å²) in [6.07, 6.45) is 5.89. The Bertz CT molecular complexity index is 7360. The van der Waals surface area contributed by atoms with Gasteiger partial charge < -0.3 is 23.0 Å². The number of anilines is 6. The van der Waals surface area contributed by atoms with Gasteiger partial charge in [-0.2, -0.15) is 0 Å². The van der Waals surface area contributed by atoms with Crippen LogP contribution in [0.2, 0.25) is 0 Å². The van der Waals surface area contributed by atoms with Gasteiger partial charge >= 0.3 is 0 Å².